The van der Waals surface area contributed by atoms with Crippen molar-refractivity contribution in [1.82, 2.24) is 0 Å². The smallest absolute Gasteiger partial charge is 0.119 e. The third-order valence-electron chi connectivity index (χ3n) is 2.73. The van der Waals surface area contributed by atoms with Gasteiger partial charge in [0.25, 0.3) is 0 Å². The summed E-state index contributed by atoms with van der Waals surface area (Å²) in [7, 11) is 0. The van der Waals surface area contributed by atoms with Crippen molar-refractivity contribution in [1.29, 1.82) is 0 Å². The minimum Gasteiger partial charge on any atom is -0.494 e. The maximum atomic E-state index is 5.67. The Hall–Kier alpha value is -1.02. The van der Waals surface area contributed by atoms with E-state index in [1.54, 1.807) is 0 Å². The Bertz CT molecular complexity index is 321. The van der Waals surface area contributed by atoms with Crippen LogP contribution in [0.4, 0.5) is 0 Å². The van der Waals surface area contributed by atoms with Gasteiger partial charge in [0, 0.05) is 0 Å². The van der Waals surface area contributed by atoms with E-state index in [9.17, 15) is 0 Å². The molecule has 90 valence electrons. The van der Waals surface area contributed by atoms with Crippen LogP contribution in [0.25, 0.3) is 0 Å². The van der Waals surface area contributed by atoms with Crippen molar-refractivity contribution in [3.05, 3.63) is 29.3 Å². The molecule has 0 aliphatic carbocycles. The van der Waals surface area contributed by atoms with E-state index in [4.69, 9.17) is 10.5 Å². The summed E-state index contributed by atoms with van der Waals surface area (Å²) in [5.41, 5.74) is 8.14. The van der Waals surface area contributed by atoms with E-state index in [1.165, 1.54) is 11.1 Å². The molecule has 0 amide bonds. The normalized spacial score (nSPS) is 10.8. The molecular formula is C14H23NO. The molecule has 0 aromatic heterocycles. The van der Waals surface area contributed by atoms with Crippen LogP contribution in [-0.2, 0) is 0 Å². The Morgan fingerprint density at radius 2 is 2.00 bits per heavy atom. The molecule has 16 heavy (non-hydrogen) atoms. The van der Waals surface area contributed by atoms with Gasteiger partial charge in [0.05, 0.1) is 6.61 Å². The fraction of sp³-hybridized carbons (Fsp3) is 0.571. The van der Waals surface area contributed by atoms with E-state index in [-0.39, 0.29) is 0 Å². The van der Waals surface area contributed by atoms with Gasteiger partial charge in [0.2, 0.25) is 0 Å². The average molecular weight is 221 g/mol. The Balaban J connectivity index is 2.53. The minimum atomic E-state index is 0.575. The van der Waals surface area contributed by atoms with Gasteiger partial charge < -0.3 is 10.5 Å². The van der Waals surface area contributed by atoms with Gasteiger partial charge >= 0.3 is 0 Å². The van der Waals surface area contributed by atoms with Crippen LogP contribution >= 0.6 is 0 Å². The van der Waals surface area contributed by atoms with Crippen molar-refractivity contribution >= 4 is 0 Å². The molecule has 0 aliphatic rings. The summed E-state index contributed by atoms with van der Waals surface area (Å²) in [6.07, 6.45) is 2.06. The zero-order chi connectivity index (χ0) is 12.0. The highest BCUT2D eigenvalue weighted by Gasteiger charge is 2.04. The maximum absolute atomic E-state index is 5.67. The highest BCUT2D eigenvalue weighted by molar-refractivity contribution is 5.36. The second kappa shape index (κ2) is 6.54. The van der Waals surface area contributed by atoms with Gasteiger partial charge in [-0.2, -0.15) is 0 Å². The lowest BCUT2D eigenvalue weighted by Crippen LogP contribution is -2.03. The van der Waals surface area contributed by atoms with Crippen LogP contribution in [0.1, 0.15) is 43.7 Å². The minimum absolute atomic E-state index is 0.575. The van der Waals surface area contributed by atoms with Gasteiger partial charge in [-0.25, -0.2) is 0 Å². The highest BCUT2D eigenvalue weighted by Crippen LogP contribution is 2.23. The molecule has 0 bridgehead atoms. The molecule has 0 saturated heterocycles. The second-order valence-electron chi connectivity index (χ2n) is 4.52. The van der Waals surface area contributed by atoms with Gasteiger partial charge in [-0.15, -0.1) is 0 Å². The molecule has 0 radical (unpaired) electrons. The lowest BCUT2D eigenvalue weighted by atomic mass is 9.98. The first-order valence-electron chi connectivity index (χ1n) is 6.08. The van der Waals surface area contributed by atoms with Crippen LogP contribution in [0.3, 0.4) is 0 Å². The summed E-state index contributed by atoms with van der Waals surface area (Å²) in [4.78, 5) is 0. The number of aryl methyl sites for hydroxylation is 1. The summed E-state index contributed by atoms with van der Waals surface area (Å²) in [5, 5.41) is 0. The molecule has 2 N–H and O–H groups in total. The molecule has 2 nitrogen and oxygen atoms in total. The van der Waals surface area contributed by atoms with Crippen LogP contribution in [0, 0.1) is 6.92 Å². The lowest BCUT2D eigenvalue weighted by Gasteiger charge is -2.12. The molecule has 0 unspecified atom stereocenters. The molecule has 1 aromatic carbocycles. The lowest BCUT2D eigenvalue weighted by molar-refractivity contribution is 0.307. The van der Waals surface area contributed by atoms with E-state index in [0.29, 0.717) is 5.92 Å². The number of hydrogen-bond acceptors (Lipinski definition) is 2. The molecule has 0 fully saturated rings. The van der Waals surface area contributed by atoms with Gasteiger partial charge in [-0.1, -0.05) is 19.9 Å². The Morgan fingerprint density at radius 1 is 1.25 bits per heavy atom. The standard InChI is InChI=1S/C14H23NO/c1-11(2)14-7-6-13(10-12(14)3)16-9-5-4-8-15/h6-7,10-11H,4-5,8-9,15H2,1-3H3. The zero-order valence-corrected chi connectivity index (χ0v) is 10.6. The van der Waals surface area contributed by atoms with Crippen molar-refractivity contribution in [3.63, 3.8) is 0 Å². The SMILES string of the molecule is Cc1cc(OCCCCN)ccc1C(C)C. The maximum Gasteiger partial charge on any atom is 0.119 e. The quantitative estimate of drug-likeness (QED) is 0.748. The third kappa shape index (κ3) is 3.86. The number of ether oxygens (including phenoxy) is 1. The van der Waals surface area contributed by atoms with Gasteiger partial charge in [-0.05, 0) is 55.5 Å². The molecule has 1 rings (SSSR count). The summed E-state index contributed by atoms with van der Waals surface area (Å²) >= 11 is 0. The number of rotatable bonds is 6. The number of benzene rings is 1. The van der Waals surface area contributed by atoms with Crippen LogP contribution < -0.4 is 10.5 Å². The van der Waals surface area contributed by atoms with Crippen molar-refractivity contribution < 1.29 is 4.74 Å². The first-order chi connectivity index (χ1) is 7.65. The monoisotopic (exact) mass is 221 g/mol. The predicted octanol–water partition coefficient (Wildman–Crippen LogP) is 3.24. The molecular weight excluding hydrogens is 198 g/mol. The molecule has 2 heteroatoms. The molecule has 1 aromatic rings. The largest absolute Gasteiger partial charge is 0.494 e. The van der Waals surface area contributed by atoms with E-state index in [1.807, 2.05) is 0 Å². The average Bonchev–Trinajstić information content (AvgIpc) is 2.24. The fourth-order valence-electron chi connectivity index (χ4n) is 1.82. The predicted molar refractivity (Wildman–Crippen MR) is 69.1 cm³/mol. The second-order valence-corrected chi connectivity index (χ2v) is 4.52. The Morgan fingerprint density at radius 3 is 2.56 bits per heavy atom. The van der Waals surface area contributed by atoms with Gasteiger partial charge in [-0.3, -0.25) is 0 Å². The zero-order valence-electron chi connectivity index (χ0n) is 10.6. The molecule has 0 atom stereocenters. The number of nitrogens with two attached hydrogens (primary N) is 1. The van der Waals surface area contributed by atoms with Crippen molar-refractivity contribution in [2.45, 2.75) is 39.5 Å². The summed E-state index contributed by atoms with van der Waals surface area (Å²) in [5.74, 6) is 1.55. The summed E-state index contributed by atoms with van der Waals surface area (Å²) in [6, 6.07) is 6.35. The number of hydrogen-bond donors (Lipinski definition) is 1. The topological polar surface area (TPSA) is 35.2 Å². The Kier molecular flexibility index (Phi) is 5.33. The van der Waals surface area contributed by atoms with E-state index < -0.39 is 0 Å². The van der Waals surface area contributed by atoms with Crippen LogP contribution in [0.5, 0.6) is 5.75 Å². The highest BCUT2D eigenvalue weighted by atomic mass is 16.5. The molecule has 0 saturated carbocycles. The van der Waals surface area contributed by atoms with Crippen LogP contribution in [0.15, 0.2) is 18.2 Å². The van der Waals surface area contributed by atoms with Gasteiger partial charge in [0.1, 0.15) is 5.75 Å². The molecule has 0 spiro atoms. The van der Waals surface area contributed by atoms with Crippen LogP contribution in [-0.4, -0.2) is 13.2 Å². The van der Waals surface area contributed by atoms with Crippen molar-refractivity contribution in [2.24, 2.45) is 5.73 Å². The number of unbranched alkanes of at least 4 members (excludes halogenated alkanes) is 1. The molecule has 0 heterocycles. The fourth-order valence-corrected chi connectivity index (χ4v) is 1.82. The Labute approximate surface area is 98.8 Å². The van der Waals surface area contributed by atoms with E-state index >= 15 is 0 Å². The summed E-state index contributed by atoms with van der Waals surface area (Å²) < 4.78 is 5.67. The summed E-state index contributed by atoms with van der Waals surface area (Å²) in [6.45, 7) is 8.07. The first-order valence-corrected chi connectivity index (χ1v) is 6.08. The van der Waals surface area contributed by atoms with E-state index in [2.05, 4.69) is 39.0 Å². The van der Waals surface area contributed by atoms with Crippen molar-refractivity contribution in [2.75, 3.05) is 13.2 Å². The van der Waals surface area contributed by atoms with Crippen LogP contribution in [0.2, 0.25) is 0 Å². The van der Waals surface area contributed by atoms with Gasteiger partial charge in [0.15, 0.2) is 0 Å². The van der Waals surface area contributed by atoms with Crippen molar-refractivity contribution in [3.8, 4) is 5.75 Å². The first kappa shape index (κ1) is 13.0. The third-order valence-corrected chi connectivity index (χ3v) is 2.73. The molecule has 0 aliphatic heterocycles. The van der Waals surface area contributed by atoms with E-state index in [0.717, 1.165) is 31.7 Å².